The second kappa shape index (κ2) is 14.6. The molecule has 0 aliphatic rings. The van der Waals surface area contributed by atoms with E-state index >= 15 is 0 Å². The quantitative estimate of drug-likeness (QED) is 0.0838. The molecule has 1 aromatic heterocycles. The molecule has 4 rings (SSSR count). The van der Waals surface area contributed by atoms with Gasteiger partial charge in [0.25, 0.3) is 0 Å². The van der Waals surface area contributed by atoms with Crippen molar-refractivity contribution in [2.24, 2.45) is 0 Å². The number of aryl methyl sites for hydroxylation is 3. The van der Waals surface area contributed by atoms with Crippen molar-refractivity contribution >= 4 is 46.8 Å². The largest absolute Gasteiger partial charge is 0.494 e. The number of hydrogen-bond donors (Lipinski definition) is 2. The summed E-state index contributed by atoms with van der Waals surface area (Å²) in [5, 5.41) is 19.3. The van der Waals surface area contributed by atoms with Crippen LogP contribution in [0, 0.1) is 20.8 Å². The summed E-state index contributed by atoms with van der Waals surface area (Å²) in [6.07, 6.45) is 7.59. The predicted molar refractivity (Wildman–Crippen MR) is 169 cm³/mol. The third kappa shape index (κ3) is 8.42. The van der Waals surface area contributed by atoms with Crippen LogP contribution >= 0.6 is 11.8 Å². The molecule has 0 atom stereocenters. The number of thioether (sulfide) groups is 1. The Morgan fingerprint density at radius 1 is 0.881 bits per heavy atom. The van der Waals surface area contributed by atoms with Gasteiger partial charge in [-0.15, -0.1) is 11.8 Å². The Balaban J connectivity index is 1.33. The highest BCUT2D eigenvalue weighted by atomic mass is 32.2. The minimum absolute atomic E-state index is 0.0391. The van der Waals surface area contributed by atoms with Crippen molar-refractivity contribution in [2.45, 2.75) is 51.5 Å². The van der Waals surface area contributed by atoms with Gasteiger partial charge in [-0.3, -0.25) is 9.59 Å². The van der Waals surface area contributed by atoms with E-state index in [1.165, 1.54) is 28.5 Å². The van der Waals surface area contributed by atoms with Crippen LogP contribution in [0.4, 0.5) is 0 Å². The molecule has 8 heteroatoms. The molecule has 0 bridgehead atoms. The first kappa shape index (κ1) is 30.8. The Labute approximate surface area is 250 Å². The number of aliphatic carboxylic acids is 2. The van der Waals surface area contributed by atoms with E-state index in [4.69, 9.17) is 14.6 Å². The lowest BCUT2D eigenvalue weighted by Gasteiger charge is -2.13. The van der Waals surface area contributed by atoms with Gasteiger partial charge < -0.3 is 24.3 Å². The first-order valence-electron chi connectivity index (χ1n) is 14.0. The van der Waals surface area contributed by atoms with Gasteiger partial charge in [0.1, 0.15) is 18.0 Å². The van der Waals surface area contributed by atoms with E-state index in [0.29, 0.717) is 19.0 Å². The third-order valence-corrected chi connectivity index (χ3v) is 7.81. The van der Waals surface area contributed by atoms with E-state index in [0.717, 1.165) is 51.3 Å². The lowest BCUT2D eigenvalue weighted by atomic mass is 10.1. The molecule has 0 unspecified atom stereocenters. The van der Waals surface area contributed by atoms with Crippen LogP contribution in [0.15, 0.2) is 65.7 Å². The van der Waals surface area contributed by atoms with E-state index in [2.05, 4.69) is 32.9 Å². The van der Waals surface area contributed by atoms with Crippen molar-refractivity contribution in [3.63, 3.8) is 0 Å². The first-order chi connectivity index (χ1) is 20.2. The number of rotatable bonds is 15. The number of para-hydroxylation sites is 1. The highest BCUT2D eigenvalue weighted by Gasteiger charge is 2.14. The summed E-state index contributed by atoms with van der Waals surface area (Å²) in [5.74, 6) is 0.402. The summed E-state index contributed by atoms with van der Waals surface area (Å²) in [6, 6.07) is 18.0. The van der Waals surface area contributed by atoms with E-state index in [1.807, 2.05) is 54.6 Å². The fraction of sp³-hybridized carbons (Fsp3) is 0.294. The van der Waals surface area contributed by atoms with Gasteiger partial charge in [-0.05, 0) is 68.0 Å². The van der Waals surface area contributed by atoms with Gasteiger partial charge in [0.2, 0.25) is 0 Å². The second-order valence-corrected chi connectivity index (χ2v) is 11.4. The fourth-order valence-corrected chi connectivity index (χ4v) is 5.97. The highest BCUT2D eigenvalue weighted by molar-refractivity contribution is 7.99. The minimum Gasteiger partial charge on any atom is -0.494 e. The molecule has 0 saturated heterocycles. The molecule has 1 heterocycles. The van der Waals surface area contributed by atoms with E-state index in [9.17, 15) is 14.7 Å². The van der Waals surface area contributed by atoms with Crippen molar-refractivity contribution in [1.82, 2.24) is 4.57 Å². The van der Waals surface area contributed by atoms with Gasteiger partial charge in [0.05, 0.1) is 25.2 Å². The van der Waals surface area contributed by atoms with Crippen LogP contribution in [0.25, 0.3) is 23.1 Å². The molecule has 0 aliphatic heterocycles. The van der Waals surface area contributed by atoms with E-state index in [-0.39, 0.29) is 13.0 Å². The number of nitrogens with zero attached hydrogens (tertiary/aromatic N) is 1. The van der Waals surface area contributed by atoms with Crippen molar-refractivity contribution in [3.05, 3.63) is 88.6 Å². The fourth-order valence-electron chi connectivity index (χ4n) is 4.95. The molecule has 2 N–H and O–H groups in total. The van der Waals surface area contributed by atoms with Gasteiger partial charge >= 0.3 is 11.9 Å². The average molecular weight is 588 g/mol. The molecule has 0 spiro atoms. The summed E-state index contributed by atoms with van der Waals surface area (Å²) in [4.78, 5) is 23.3. The molecule has 0 amide bonds. The van der Waals surface area contributed by atoms with Gasteiger partial charge in [0.15, 0.2) is 0 Å². The zero-order chi connectivity index (χ0) is 30.1. The number of ether oxygens (including phenoxy) is 2. The zero-order valence-corrected chi connectivity index (χ0v) is 25.1. The molecule has 0 aliphatic carbocycles. The topological polar surface area (TPSA) is 98.0 Å². The normalized spacial score (nSPS) is 11.3. The Morgan fingerprint density at radius 2 is 1.57 bits per heavy atom. The van der Waals surface area contributed by atoms with Crippen LogP contribution in [0.5, 0.6) is 11.5 Å². The molecule has 4 aromatic rings. The lowest BCUT2D eigenvalue weighted by molar-refractivity contribution is -0.138. The summed E-state index contributed by atoms with van der Waals surface area (Å²) < 4.78 is 13.7. The molecule has 0 saturated carbocycles. The van der Waals surface area contributed by atoms with Crippen LogP contribution in [-0.2, 0) is 16.1 Å². The molecular weight excluding hydrogens is 550 g/mol. The summed E-state index contributed by atoms with van der Waals surface area (Å²) in [6.45, 7) is 7.35. The van der Waals surface area contributed by atoms with Crippen molar-refractivity contribution in [1.29, 1.82) is 0 Å². The molecule has 0 radical (unpaired) electrons. The van der Waals surface area contributed by atoms with Crippen LogP contribution in [0.1, 0.15) is 47.1 Å². The van der Waals surface area contributed by atoms with Crippen molar-refractivity contribution < 1.29 is 29.3 Å². The average Bonchev–Trinajstić information content (AvgIpc) is 3.28. The SMILES string of the molecule is Cc1cc(C)c(OCCCCOc2ccc(/C=C/c3cccc4c(SCCC(=O)O)cn(CC(=O)O)c34)cc2)c(C)c1. The predicted octanol–water partition coefficient (Wildman–Crippen LogP) is 7.63. The van der Waals surface area contributed by atoms with Crippen LogP contribution in [0.2, 0.25) is 0 Å². The van der Waals surface area contributed by atoms with Crippen molar-refractivity contribution in [3.8, 4) is 11.5 Å². The van der Waals surface area contributed by atoms with Gasteiger partial charge in [-0.2, -0.15) is 0 Å². The number of carboxylic acid groups (broad SMARTS) is 2. The number of carbonyl (C=O) groups is 2. The summed E-state index contributed by atoms with van der Waals surface area (Å²) >= 11 is 1.42. The second-order valence-electron chi connectivity index (χ2n) is 10.3. The molecule has 220 valence electrons. The van der Waals surface area contributed by atoms with Crippen molar-refractivity contribution in [2.75, 3.05) is 19.0 Å². The summed E-state index contributed by atoms with van der Waals surface area (Å²) in [7, 11) is 0. The number of benzene rings is 3. The smallest absolute Gasteiger partial charge is 0.323 e. The number of unbranched alkanes of at least 4 members (excludes halogenated alkanes) is 1. The molecule has 3 aromatic carbocycles. The monoisotopic (exact) mass is 587 g/mol. The minimum atomic E-state index is -0.938. The maximum atomic E-state index is 11.5. The summed E-state index contributed by atoms with van der Waals surface area (Å²) in [5.41, 5.74) is 6.27. The van der Waals surface area contributed by atoms with E-state index < -0.39 is 11.9 Å². The molecular formula is C34H37NO6S. The van der Waals surface area contributed by atoms with Crippen LogP contribution < -0.4 is 9.47 Å². The Hall–Kier alpha value is -4.17. The number of hydrogen-bond acceptors (Lipinski definition) is 5. The molecule has 7 nitrogen and oxygen atoms in total. The Bertz CT molecular complexity index is 1550. The van der Waals surface area contributed by atoms with Gasteiger partial charge in [-0.25, -0.2) is 0 Å². The van der Waals surface area contributed by atoms with Gasteiger partial charge in [0, 0.05) is 22.2 Å². The third-order valence-electron chi connectivity index (χ3n) is 6.77. The van der Waals surface area contributed by atoms with E-state index in [1.54, 1.807) is 10.8 Å². The molecule has 42 heavy (non-hydrogen) atoms. The number of carboxylic acids is 2. The Kier molecular flexibility index (Phi) is 10.7. The maximum absolute atomic E-state index is 11.5. The van der Waals surface area contributed by atoms with Crippen LogP contribution in [0.3, 0.4) is 0 Å². The number of aromatic nitrogens is 1. The number of fused-ring (bicyclic) bond motifs is 1. The standard InChI is InChI=1S/C34H37NO6S/c1-23-19-24(2)34(25(3)20-23)41-17-5-4-16-40-28-13-10-26(11-14-28)9-12-27-7-6-8-29-30(42-18-15-31(36)37)21-35(33(27)29)22-32(38)39/h6-14,19-21H,4-5,15-18,22H2,1-3H3,(H,36,37)(H,38,39)/b12-9+. The highest BCUT2D eigenvalue weighted by Crippen LogP contribution is 2.33. The lowest BCUT2D eigenvalue weighted by Crippen LogP contribution is -2.07. The Morgan fingerprint density at radius 3 is 2.24 bits per heavy atom. The maximum Gasteiger partial charge on any atom is 0.323 e. The van der Waals surface area contributed by atoms with Gasteiger partial charge in [-0.1, -0.05) is 60.2 Å². The first-order valence-corrected chi connectivity index (χ1v) is 15.0. The van der Waals surface area contributed by atoms with Crippen LogP contribution in [-0.4, -0.2) is 45.7 Å². The zero-order valence-electron chi connectivity index (χ0n) is 24.3. The molecule has 0 fully saturated rings.